The molecule has 0 spiro atoms. The Hall–Kier alpha value is -3.11. The fourth-order valence-electron chi connectivity index (χ4n) is 2.65. The number of primary sulfonamides is 1. The Kier molecular flexibility index (Phi) is 5.25. The fourth-order valence-corrected chi connectivity index (χ4v) is 3.21. The molecule has 0 saturated heterocycles. The van der Waals surface area contributed by atoms with Crippen LogP contribution in [0.1, 0.15) is 12.5 Å². The zero-order chi connectivity index (χ0) is 20.5. The maximum Gasteiger partial charge on any atom is 0.280 e. The van der Waals surface area contributed by atoms with Crippen molar-refractivity contribution < 1.29 is 17.9 Å². The van der Waals surface area contributed by atoms with Crippen LogP contribution in [0.15, 0.2) is 62.7 Å². The molecular weight excluding hydrogens is 382 g/mol. The summed E-state index contributed by atoms with van der Waals surface area (Å²) in [6, 6.07) is 10.2. The van der Waals surface area contributed by atoms with Crippen LogP contribution in [0, 0.1) is 6.92 Å². The zero-order valence-corrected chi connectivity index (χ0v) is 16.3. The van der Waals surface area contributed by atoms with Gasteiger partial charge in [0.05, 0.1) is 23.4 Å². The van der Waals surface area contributed by atoms with Crippen LogP contribution in [0.2, 0.25) is 0 Å². The monoisotopic (exact) mass is 401 g/mol. The number of hydrogen-bond acceptors (Lipinski definition) is 7. The molecule has 1 amide bonds. The summed E-state index contributed by atoms with van der Waals surface area (Å²) in [6.45, 7) is 3.58. The van der Waals surface area contributed by atoms with Gasteiger partial charge in [0, 0.05) is 0 Å². The lowest BCUT2D eigenvalue weighted by atomic mass is 10.2. The number of hydrazone groups is 1. The minimum Gasteiger partial charge on any atom is -0.494 e. The summed E-state index contributed by atoms with van der Waals surface area (Å²) >= 11 is 0. The number of nitrogens with zero attached hydrogens (tertiary/aromatic N) is 4. The van der Waals surface area contributed by atoms with E-state index >= 15 is 0 Å². The van der Waals surface area contributed by atoms with E-state index in [0.29, 0.717) is 17.1 Å². The third-order valence-electron chi connectivity index (χ3n) is 4.10. The van der Waals surface area contributed by atoms with Crippen LogP contribution >= 0.6 is 0 Å². The number of carbonyl (C=O) groups excluding carboxylic acids is 1. The van der Waals surface area contributed by atoms with Crippen LogP contribution in [0.3, 0.4) is 0 Å². The van der Waals surface area contributed by atoms with E-state index < -0.39 is 22.0 Å². The van der Waals surface area contributed by atoms with E-state index in [4.69, 9.17) is 9.88 Å². The fraction of sp³-hybridized carbons (Fsp3) is 0.222. The summed E-state index contributed by atoms with van der Waals surface area (Å²) in [5.74, 6) is 0.0976. The largest absolute Gasteiger partial charge is 0.494 e. The van der Waals surface area contributed by atoms with E-state index in [1.807, 2.05) is 19.1 Å². The van der Waals surface area contributed by atoms with E-state index in [1.54, 1.807) is 19.1 Å². The molecule has 28 heavy (non-hydrogen) atoms. The van der Waals surface area contributed by atoms with Gasteiger partial charge in [0.15, 0.2) is 6.04 Å². The van der Waals surface area contributed by atoms with Crippen LogP contribution in [-0.4, -0.2) is 33.2 Å². The molecule has 0 aliphatic carbocycles. The van der Waals surface area contributed by atoms with E-state index in [2.05, 4.69) is 15.3 Å². The first-order valence-corrected chi connectivity index (χ1v) is 9.83. The second-order valence-corrected chi connectivity index (χ2v) is 7.79. The number of azo groups is 1. The summed E-state index contributed by atoms with van der Waals surface area (Å²) in [6.07, 6.45) is 0. The van der Waals surface area contributed by atoms with Gasteiger partial charge in [-0.25, -0.2) is 13.6 Å². The van der Waals surface area contributed by atoms with Crippen molar-refractivity contribution in [2.24, 2.45) is 20.5 Å². The van der Waals surface area contributed by atoms with E-state index in [9.17, 15) is 13.2 Å². The molecule has 1 aliphatic rings. The Morgan fingerprint density at radius 1 is 1.18 bits per heavy atom. The summed E-state index contributed by atoms with van der Waals surface area (Å²) in [4.78, 5) is 12.6. The molecule has 1 heterocycles. The number of amides is 1. The molecule has 3 rings (SSSR count). The number of rotatable bonds is 5. The average molecular weight is 401 g/mol. The molecule has 2 N–H and O–H groups in total. The Bertz CT molecular complexity index is 1090. The molecule has 1 aliphatic heterocycles. The maximum atomic E-state index is 12.8. The Balaban J connectivity index is 1.88. The Morgan fingerprint density at radius 2 is 1.93 bits per heavy atom. The summed E-state index contributed by atoms with van der Waals surface area (Å²) in [5.41, 5.74) is 2.21. The highest BCUT2D eigenvalue weighted by atomic mass is 32.2. The third kappa shape index (κ3) is 3.92. The van der Waals surface area contributed by atoms with Gasteiger partial charge in [-0.3, -0.25) is 4.79 Å². The Morgan fingerprint density at radius 3 is 2.61 bits per heavy atom. The number of nitrogens with two attached hydrogens (primary N) is 1. The van der Waals surface area contributed by atoms with Crippen molar-refractivity contribution in [1.82, 2.24) is 0 Å². The first-order chi connectivity index (χ1) is 13.2. The number of anilines is 1. The average Bonchev–Trinajstić information content (AvgIpc) is 2.94. The van der Waals surface area contributed by atoms with E-state index in [0.717, 1.165) is 10.6 Å². The first-order valence-electron chi connectivity index (χ1n) is 8.28. The number of benzene rings is 2. The van der Waals surface area contributed by atoms with Crippen molar-refractivity contribution >= 4 is 33.0 Å². The highest BCUT2D eigenvalue weighted by Gasteiger charge is 2.35. The minimum absolute atomic E-state index is 0.111. The van der Waals surface area contributed by atoms with E-state index in [1.165, 1.54) is 25.3 Å². The van der Waals surface area contributed by atoms with Gasteiger partial charge in [0.25, 0.3) is 5.91 Å². The van der Waals surface area contributed by atoms with Gasteiger partial charge in [-0.15, -0.1) is 0 Å². The number of sulfonamides is 1. The lowest BCUT2D eigenvalue weighted by molar-refractivity contribution is -0.117. The van der Waals surface area contributed by atoms with Gasteiger partial charge >= 0.3 is 0 Å². The molecule has 1 atom stereocenters. The third-order valence-corrected chi connectivity index (χ3v) is 5.01. The van der Waals surface area contributed by atoms with Crippen molar-refractivity contribution in [3.05, 3.63) is 48.0 Å². The van der Waals surface area contributed by atoms with Gasteiger partial charge in [-0.05, 0) is 49.7 Å². The topological polar surface area (TPSA) is 127 Å². The van der Waals surface area contributed by atoms with Crippen molar-refractivity contribution in [2.45, 2.75) is 24.8 Å². The van der Waals surface area contributed by atoms with Crippen molar-refractivity contribution in [1.29, 1.82) is 0 Å². The standard InChI is InChI=1S/C18H19N5O4S/c1-11-7-8-15(16(9-11)27-3)20-21-17-12(2)22-23(18(17)24)13-5-4-6-14(10-13)28(19,25)26/h4-10,17H,1-3H3,(H2,19,25,26). The SMILES string of the molecule is COc1cc(C)ccc1N=NC1C(=O)N(c2cccc(S(N)(=O)=O)c2)N=C1C. The van der Waals surface area contributed by atoms with Crippen LogP contribution < -0.4 is 14.9 Å². The molecule has 2 aromatic carbocycles. The normalized spacial score (nSPS) is 17.3. The predicted octanol–water partition coefficient (Wildman–Crippen LogP) is 2.53. The zero-order valence-electron chi connectivity index (χ0n) is 15.5. The molecule has 146 valence electrons. The van der Waals surface area contributed by atoms with Crippen molar-refractivity contribution in [3.63, 3.8) is 0 Å². The lowest BCUT2D eigenvalue weighted by Gasteiger charge is -2.13. The summed E-state index contributed by atoms with van der Waals surface area (Å²) in [7, 11) is -2.37. The van der Waals surface area contributed by atoms with Gasteiger partial charge < -0.3 is 4.74 Å². The molecule has 0 bridgehead atoms. The molecule has 2 aromatic rings. The van der Waals surface area contributed by atoms with Crippen LogP contribution in [0.25, 0.3) is 0 Å². The molecule has 0 saturated carbocycles. The smallest absolute Gasteiger partial charge is 0.280 e. The maximum absolute atomic E-state index is 12.8. The van der Waals surface area contributed by atoms with Crippen LogP contribution in [0.5, 0.6) is 5.75 Å². The molecule has 0 aromatic heterocycles. The van der Waals surface area contributed by atoms with Gasteiger partial charge in [-0.2, -0.15) is 20.3 Å². The minimum atomic E-state index is -3.90. The van der Waals surface area contributed by atoms with Crippen LogP contribution in [0.4, 0.5) is 11.4 Å². The summed E-state index contributed by atoms with van der Waals surface area (Å²) in [5, 5.41) is 18.7. The number of ether oxygens (including phenoxy) is 1. The number of carbonyl (C=O) groups is 1. The number of hydrogen-bond donors (Lipinski definition) is 1. The second-order valence-electron chi connectivity index (χ2n) is 6.23. The molecule has 10 heteroatoms. The molecule has 9 nitrogen and oxygen atoms in total. The van der Waals surface area contributed by atoms with Gasteiger partial charge in [0.1, 0.15) is 11.4 Å². The van der Waals surface area contributed by atoms with Crippen molar-refractivity contribution in [2.75, 3.05) is 12.1 Å². The number of methoxy groups -OCH3 is 1. The van der Waals surface area contributed by atoms with Crippen molar-refractivity contribution in [3.8, 4) is 5.75 Å². The quantitative estimate of drug-likeness (QED) is 0.772. The molecular formula is C18H19N5O4S. The Labute approximate surface area is 162 Å². The van der Waals surface area contributed by atoms with Gasteiger partial charge in [-0.1, -0.05) is 12.1 Å². The van der Waals surface area contributed by atoms with E-state index in [-0.39, 0.29) is 10.6 Å². The molecule has 1 unspecified atom stereocenters. The number of aryl methyl sites for hydroxylation is 1. The second kappa shape index (κ2) is 7.49. The van der Waals surface area contributed by atoms with Gasteiger partial charge in [0.2, 0.25) is 10.0 Å². The molecule has 0 radical (unpaired) electrons. The highest BCUT2D eigenvalue weighted by molar-refractivity contribution is 7.89. The predicted molar refractivity (Wildman–Crippen MR) is 104 cm³/mol. The molecule has 0 fully saturated rings. The lowest BCUT2D eigenvalue weighted by Crippen LogP contribution is -2.29. The first kappa shape index (κ1) is 19.6. The highest BCUT2D eigenvalue weighted by Crippen LogP contribution is 2.30. The summed E-state index contributed by atoms with van der Waals surface area (Å²) < 4.78 is 28.4. The van der Waals surface area contributed by atoms with Crippen LogP contribution in [-0.2, 0) is 14.8 Å².